The first-order valence-electron chi connectivity index (χ1n) is 6.45. The van der Waals surface area contributed by atoms with Crippen LogP contribution in [0.4, 0.5) is 0 Å². The molecule has 0 aromatic carbocycles. The van der Waals surface area contributed by atoms with E-state index in [2.05, 4.69) is 16.8 Å². The molecule has 0 saturated carbocycles. The Balaban J connectivity index is 1.69. The molecule has 3 atom stereocenters. The van der Waals surface area contributed by atoms with Crippen molar-refractivity contribution in [3.8, 4) is 0 Å². The minimum Gasteiger partial charge on any atom is -0.379 e. The summed E-state index contributed by atoms with van der Waals surface area (Å²) in [5.74, 6) is -0.141. The van der Waals surface area contributed by atoms with E-state index in [0.717, 1.165) is 19.3 Å². The number of fused-ring (bicyclic) bond motifs is 1. The lowest BCUT2D eigenvalue weighted by molar-refractivity contribution is -0.126. The Bertz CT molecular complexity index is 446. The third kappa shape index (κ3) is 2.18. The highest BCUT2D eigenvalue weighted by atomic mass is 32.1. The SMILES string of the molecule is NC1COCC1C(=O)NC1CCCc2sccc21. The van der Waals surface area contributed by atoms with Gasteiger partial charge in [-0.3, -0.25) is 4.79 Å². The third-order valence-electron chi connectivity index (χ3n) is 3.83. The van der Waals surface area contributed by atoms with Gasteiger partial charge in [-0.05, 0) is 36.3 Å². The van der Waals surface area contributed by atoms with Gasteiger partial charge in [-0.2, -0.15) is 0 Å². The van der Waals surface area contributed by atoms with E-state index in [-0.39, 0.29) is 23.9 Å². The fourth-order valence-corrected chi connectivity index (χ4v) is 3.74. The summed E-state index contributed by atoms with van der Waals surface area (Å²) in [6.45, 7) is 0.947. The van der Waals surface area contributed by atoms with E-state index in [1.807, 2.05) is 0 Å². The van der Waals surface area contributed by atoms with Gasteiger partial charge >= 0.3 is 0 Å². The zero-order valence-electron chi connectivity index (χ0n) is 10.2. The first kappa shape index (κ1) is 12.1. The summed E-state index contributed by atoms with van der Waals surface area (Å²) < 4.78 is 5.25. The lowest BCUT2D eigenvalue weighted by atomic mass is 9.93. The van der Waals surface area contributed by atoms with Crippen LogP contribution in [0, 0.1) is 5.92 Å². The Kier molecular flexibility index (Phi) is 3.37. The van der Waals surface area contributed by atoms with Gasteiger partial charge in [0.2, 0.25) is 5.91 Å². The molecule has 0 radical (unpaired) electrons. The Morgan fingerprint density at radius 1 is 1.50 bits per heavy atom. The van der Waals surface area contributed by atoms with Crippen LogP contribution in [0.5, 0.6) is 0 Å². The van der Waals surface area contributed by atoms with Crippen molar-refractivity contribution in [3.05, 3.63) is 21.9 Å². The van der Waals surface area contributed by atoms with Gasteiger partial charge in [0, 0.05) is 10.9 Å². The number of amides is 1. The number of carbonyl (C=O) groups excluding carboxylic acids is 1. The molecule has 2 heterocycles. The monoisotopic (exact) mass is 266 g/mol. The van der Waals surface area contributed by atoms with Gasteiger partial charge in [0.1, 0.15) is 0 Å². The van der Waals surface area contributed by atoms with Crippen molar-refractivity contribution < 1.29 is 9.53 Å². The highest BCUT2D eigenvalue weighted by Gasteiger charge is 2.33. The maximum atomic E-state index is 12.2. The molecule has 5 heteroatoms. The van der Waals surface area contributed by atoms with Gasteiger partial charge in [-0.15, -0.1) is 11.3 Å². The van der Waals surface area contributed by atoms with Crippen LogP contribution in [-0.2, 0) is 16.0 Å². The molecule has 3 unspecified atom stereocenters. The number of aryl methyl sites for hydroxylation is 1. The van der Waals surface area contributed by atoms with Crippen molar-refractivity contribution in [1.82, 2.24) is 5.32 Å². The first-order valence-corrected chi connectivity index (χ1v) is 7.33. The second kappa shape index (κ2) is 4.99. The van der Waals surface area contributed by atoms with Crippen LogP contribution < -0.4 is 11.1 Å². The molecule has 1 aliphatic heterocycles. The van der Waals surface area contributed by atoms with Crippen LogP contribution in [0.15, 0.2) is 11.4 Å². The molecule has 1 amide bonds. The molecular weight excluding hydrogens is 248 g/mol. The molecule has 18 heavy (non-hydrogen) atoms. The van der Waals surface area contributed by atoms with Crippen molar-refractivity contribution in [2.75, 3.05) is 13.2 Å². The summed E-state index contributed by atoms with van der Waals surface area (Å²) >= 11 is 1.79. The van der Waals surface area contributed by atoms with Crippen molar-refractivity contribution in [1.29, 1.82) is 0 Å². The predicted octanol–water partition coefficient (Wildman–Crippen LogP) is 1.22. The van der Waals surface area contributed by atoms with Crippen LogP contribution in [0.1, 0.15) is 29.3 Å². The van der Waals surface area contributed by atoms with Crippen molar-refractivity contribution in [2.24, 2.45) is 11.7 Å². The number of rotatable bonds is 2. The number of carbonyl (C=O) groups is 1. The van der Waals surface area contributed by atoms with Crippen LogP contribution in [0.2, 0.25) is 0 Å². The molecule has 1 saturated heterocycles. The van der Waals surface area contributed by atoms with E-state index in [4.69, 9.17) is 10.5 Å². The van der Waals surface area contributed by atoms with Crippen LogP contribution in [-0.4, -0.2) is 25.2 Å². The number of thiophene rings is 1. The molecule has 3 rings (SSSR count). The fourth-order valence-electron chi connectivity index (χ4n) is 2.76. The van der Waals surface area contributed by atoms with E-state index in [9.17, 15) is 4.79 Å². The second-order valence-electron chi connectivity index (χ2n) is 5.06. The topological polar surface area (TPSA) is 64.3 Å². The largest absolute Gasteiger partial charge is 0.379 e. The van der Waals surface area contributed by atoms with Gasteiger partial charge in [0.25, 0.3) is 0 Å². The normalized spacial score (nSPS) is 31.1. The maximum Gasteiger partial charge on any atom is 0.227 e. The highest BCUT2D eigenvalue weighted by molar-refractivity contribution is 7.10. The van der Waals surface area contributed by atoms with Gasteiger partial charge in [0.05, 0.1) is 25.2 Å². The Labute approximate surface area is 111 Å². The van der Waals surface area contributed by atoms with Gasteiger partial charge < -0.3 is 15.8 Å². The third-order valence-corrected chi connectivity index (χ3v) is 4.83. The zero-order chi connectivity index (χ0) is 12.5. The number of nitrogens with one attached hydrogen (secondary N) is 1. The van der Waals surface area contributed by atoms with Crippen molar-refractivity contribution in [3.63, 3.8) is 0 Å². The average Bonchev–Trinajstić information content (AvgIpc) is 2.97. The molecule has 1 fully saturated rings. The second-order valence-corrected chi connectivity index (χ2v) is 6.06. The summed E-state index contributed by atoms with van der Waals surface area (Å²) in [7, 11) is 0. The fraction of sp³-hybridized carbons (Fsp3) is 0.615. The molecule has 3 N–H and O–H groups in total. The average molecular weight is 266 g/mol. The van der Waals surface area contributed by atoms with Crippen molar-refractivity contribution in [2.45, 2.75) is 31.3 Å². The molecule has 0 bridgehead atoms. The lowest BCUT2D eigenvalue weighted by Gasteiger charge is -2.25. The molecule has 4 nitrogen and oxygen atoms in total. The number of hydrogen-bond donors (Lipinski definition) is 2. The number of nitrogens with two attached hydrogens (primary N) is 1. The molecule has 2 aliphatic rings. The van der Waals surface area contributed by atoms with Crippen molar-refractivity contribution >= 4 is 17.2 Å². The number of hydrogen-bond acceptors (Lipinski definition) is 4. The Hall–Kier alpha value is -0.910. The summed E-state index contributed by atoms with van der Waals surface area (Å²) in [5, 5.41) is 5.25. The van der Waals surface area contributed by atoms with Gasteiger partial charge in [0.15, 0.2) is 0 Å². The van der Waals surface area contributed by atoms with Gasteiger partial charge in [-0.25, -0.2) is 0 Å². The maximum absolute atomic E-state index is 12.2. The minimum absolute atomic E-state index is 0.0454. The van der Waals surface area contributed by atoms with E-state index < -0.39 is 0 Å². The lowest BCUT2D eigenvalue weighted by Crippen LogP contribution is -2.42. The smallest absolute Gasteiger partial charge is 0.227 e. The molecule has 98 valence electrons. The van der Waals surface area contributed by atoms with E-state index >= 15 is 0 Å². The highest BCUT2D eigenvalue weighted by Crippen LogP contribution is 2.33. The van der Waals surface area contributed by atoms with E-state index in [1.54, 1.807) is 11.3 Å². The molecular formula is C13H18N2O2S. The minimum atomic E-state index is -0.186. The summed E-state index contributed by atoms with van der Waals surface area (Å²) in [6, 6.07) is 2.14. The van der Waals surface area contributed by atoms with E-state index in [0.29, 0.717) is 13.2 Å². The van der Waals surface area contributed by atoms with Crippen LogP contribution >= 0.6 is 11.3 Å². The molecule has 1 aliphatic carbocycles. The summed E-state index contributed by atoms with van der Waals surface area (Å²) in [5.41, 5.74) is 7.17. The molecule has 1 aromatic heterocycles. The summed E-state index contributed by atoms with van der Waals surface area (Å²) in [4.78, 5) is 13.6. The zero-order valence-corrected chi connectivity index (χ0v) is 11.0. The quantitative estimate of drug-likeness (QED) is 0.846. The van der Waals surface area contributed by atoms with Crippen LogP contribution in [0.25, 0.3) is 0 Å². The predicted molar refractivity (Wildman–Crippen MR) is 70.4 cm³/mol. The van der Waals surface area contributed by atoms with Crippen LogP contribution in [0.3, 0.4) is 0 Å². The van der Waals surface area contributed by atoms with E-state index in [1.165, 1.54) is 10.4 Å². The standard InChI is InChI=1S/C13H18N2O2S/c14-10-7-17-6-9(10)13(16)15-11-2-1-3-12-8(11)4-5-18-12/h4-5,9-11H,1-3,6-7,14H2,(H,15,16). The Morgan fingerprint density at radius 3 is 3.17 bits per heavy atom. The Morgan fingerprint density at radius 2 is 2.39 bits per heavy atom. The summed E-state index contributed by atoms with van der Waals surface area (Å²) in [6.07, 6.45) is 3.31. The number of ether oxygens (including phenoxy) is 1. The first-order chi connectivity index (χ1) is 8.75. The molecule has 1 aromatic rings. The van der Waals surface area contributed by atoms with Gasteiger partial charge in [-0.1, -0.05) is 0 Å². The molecule has 0 spiro atoms.